The van der Waals surface area contributed by atoms with E-state index < -0.39 is 11.8 Å². The van der Waals surface area contributed by atoms with Crippen LogP contribution in [0.2, 0.25) is 0 Å². The third kappa shape index (κ3) is 5.35. The van der Waals surface area contributed by atoms with Gasteiger partial charge in [0.05, 0.1) is 5.69 Å². The van der Waals surface area contributed by atoms with Crippen molar-refractivity contribution in [3.05, 3.63) is 106 Å². The van der Waals surface area contributed by atoms with Gasteiger partial charge in [-0.25, -0.2) is 4.90 Å². The molecule has 0 aliphatic carbocycles. The minimum absolute atomic E-state index is 0.0184. The first kappa shape index (κ1) is 25.7. The Morgan fingerprint density at radius 1 is 0.816 bits per heavy atom. The summed E-state index contributed by atoms with van der Waals surface area (Å²) in [6.07, 6.45) is 0.858. The van der Waals surface area contributed by atoms with Crippen LogP contribution < -0.4 is 10.2 Å². The van der Waals surface area contributed by atoms with Crippen LogP contribution in [0.5, 0.6) is 0 Å². The third-order valence-electron chi connectivity index (χ3n) is 6.94. The van der Waals surface area contributed by atoms with Crippen LogP contribution >= 0.6 is 11.6 Å². The molecule has 0 bridgehead atoms. The fourth-order valence-corrected chi connectivity index (χ4v) is 4.91. The van der Waals surface area contributed by atoms with Crippen LogP contribution in [0.4, 0.5) is 11.4 Å². The van der Waals surface area contributed by atoms with Crippen molar-refractivity contribution in [2.24, 2.45) is 0 Å². The Bertz CT molecular complexity index is 1360. The van der Waals surface area contributed by atoms with Crippen molar-refractivity contribution in [1.29, 1.82) is 0 Å². The molecular weight excluding hydrogens is 500 g/mol. The monoisotopic (exact) mass is 528 g/mol. The molecule has 8 heteroatoms. The minimum atomic E-state index is -0.568. The second-order valence-electron chi connectivity index (χ2n) is 9.41. The van der Waals surface area contributed by atoms with Crippen molar-refractivity contribution in [3.8, 4) is 0 Å². The Hall–Kier alpha value is -3.94. The molecule has 194 valence electrons. The molecule has 0 unspecified atom stereocenters. The molecule has 3 aromatic rings. The van der Waals surface area contributed by atoms with Crippen LogP contribution in [-0.2, 0) is 22.6 Å². The van der Waals surface area contributed by atoms with Gasteiger partial charge in [-0.15, -0.1) is 0 Å². The van der Waals surface area contributed by atoms with Crippen molar-refractivity contribution in [2.45, 2.75) is 19.9 Å². The number of piperazine rings is 1. The summed E-state index contributed by atoms with van der Waals surface area (Å²) in [5, 5.41) is 2.81. The van der Waals surface area contributed by atoms with E-state index >= 15 is 0 Å². The summed E-state index contributed by atoms with van der Waals surface area (Å²) in [6, 6.07) is 24.4. The molecule has 2 aliphatic heterocycles. The Labute approximate surface area is 227 Å². The quantitative estimate of drug-likeness (QED) is 0.452. The molecule has 0 saturated carbocycles. The van der Waals surface area contributed by atoms with Gasteiger partial charge in [-0.05, 0) is 53.9 Å². The molecule has 3 aromatic carbocycles. The number of rotatable bonds is 7. The van der Waals surface area contributed by atoms with Crippen molar-refractivity contribution < 1.29 is 14.4 Å². The molecule has 0 aromatic heterocycles. The molecule has 0 atom stereocenters. The first-order valence-corrected chi connectivity index (χ1v) is 13.1. The molecular formula is C30H29ClN4O3. The van der Waals surface area contributed by atoms with Crippen LogP contribution in [0.3, 0.4) is 0 Å². The maximum absolute atomic E-state index is 13.1. The fraction of sp³-hybridized carbons (Fsp3) is 0.233. The normalized spacial score (nSPS) is 16.4. The summed E-state index contributed by atoms with van der Waals surface area (Å²) in [5.74, 6) is -1.11. The lowest BCUT2D eigenvalue weighted by Gasteiger charge is -2.34. The van der Waals surface area contributed by atoms with Gasteiger partial charge in [0.2, 0.25) is 0 Å². The van der Waals surface area contributed by atoms with E-state index in [9.17, 15) is 14.4 Å². The minimum Gasteiger partial charge on any atom is -0.350 e. The first-order valence-electron chi connectivity index (χ1n) is 12.7. The van der Waals surface area contributed by atoms with Crippen LogP contribution in [0.15, 0.2) is 89.6 Å². The number of aryl methyl sites for hydroxylation is 1. The highest BCUT2D eigenvalue weighted by Gasteiger charge is 2.39. The van der Waals surface area contributed by atoms with E-state index in [0.717, 1.165) is 36.5 Å². The number of hydrogen-bond acceptors (Lipinski definition) is 5. The maximum Gasteiger partial charge on any atom is 0.283 e. The molecule has 1 fully saturated rings. The number of nitrogens with one attached hydrogen (secondary N) is 1. The van der Waals surface area contributed by atoms with E-state index in [1.165, 1.54) is 5.56 Å². The number of anilines is 2. The van der Waals surface area contributed by atoms with E-state index in [2.05, 4.69) is 22.3 Å². The summed E-state index contributed by atoms with van der Waals surface area (Å²) < 4.78 is 0. The van der Waals surface area contributed by atoms with E-state index in [-0.39, 0.29) is 16.6 Å². The maximum atomic E-state index is 13.1. The topological polar surface area (TPSA) is 73.0 Å². The number of halogens is 1. The number of amides is 3. The van der Waals surface area contributed by atoms with Crippen LogP contribution in [0.25, 0.3) is 0 Å². The van der Waals surface area contributed by atoms with Crippen LogP contribution in [0.1, 0.15) is 28.4 Å². The molecule has 7 nitrogen and oxygen atoms in total. The van der Waals surface area contributed by atoms with Crippen molar-refractivity contribution in [3.63, 3.8) is 0 Å². The van der Waals surface area contributed by atoms with Crippen molar-refractivity contribution >= 4 is 40.7 Å². The smallest absolute Gasteiger partial charge is 0.283 e. The fourth-order valence-electron chi connectivity index (χ4n) is 4.70. The molecule has 1 saturated heterocycles. The van der Waals surface area contributed by atoms with E-state index in [1.807, 2.05) is 42.2 Å². The summed E-state index contributed by atoms with van der Waals surface area (Å²) in [5.41, 5.74) is 3.99. The predicted molar refractivity (Wildman–Crippen MR) is 149 cm³/mol. The van der Waals surface area contributed by atoms with Crippen LogP contribution in [-0.4, -0.2) is 53.7 Å². The molecule has 38 heavy (non-hydrogen) atoms. The number of carbonyl (C=O) groups excluding carboxylic acids is 3. The second-order valence-corrected chi connectivity index (χ2v) is 9.79. The highest BCUT2D eigenvalue weighted by Crippen LogP contribution is 2.30. The lowest BCUT2D eigenvalue weighted by atomic mass is 10.1. The molecule has 0 radical (unpaired) electrons. The van der Waals surface area contributed by atoms with Crippen LogP contribution in [0, 0.1) is 0 Å². The average molecular weight is 529 g/mol. The van der Waals surface area contributed by atoms with Gasteiger partial charge >= 0.3 is 0 Å². The standard InChI is InChI=1S/C30H29ClN4O3/c1-2-21-8-14-25(15-9-21)35-29(37)26(31)27(30(35)38)32-24-12-10-23(11-13-24)28(36)34-18-16-33(17-19-34)20-22-6-4-3-5-7-22/h3-15,32H,2,16-20H2,1H3. The summed E-state index contributed by atoms with van der Waals surface area (Å²) in [6.45, 7) is 5.89. The molecule has 2 aliphatic rings. The number of benzene rings is 3. The van der Waals surface area contributed by atoms with Gasteiger partial charge in [0.25, 0.3) is 17.7 Å². The zero-order chi connectivity index (χ0) is 26.6. The Morgan fingerprint density at radius 3 is 2.11 bits per heavy atom. The number of hydrogen-bond donors (Lipinski definition) is 1. The summed E-state index contributed by atoms with van der Waals surface area (Å²) >= 11 is 6.26. The lowest BCUT2D eigenvalue weighted by molar-refractivity contribution is -0.120. The Balaban J connectivity index is 1.19. The van der Waals surface area contributed by atoms with Gasteiger partial charge in [-0.1, -0.05) is 61.0 Å². The Kier molecular flexibility index (Phi) is 7.58. The van der Waals surface area contributed by atoms with Gasteiger partial charge in [0.15, 0.2) is 0 Å². The first-order chi connectivity index (χ1) is 18.4. The number of nitrogens with zero attached hydrogens (tertiary/aromatic N) is 3. The Morgan fingerprint density at radius 2 is 1.47 bits per heavy atom. The zero-order valence-electron chi connectivity index (χ0n) is 21.2. The number of carbonyl (C=O) groups is 3. The highest BCUT2D eigenvalue weighted by molar-refractivity contribution is 6.53. The van der Waals surface area contributed by atoms with Crippen molar-refractivity contribution in [2.75, 3.05) is 36.4 Å². The van der Waals surface area contributed by atoms with Gasteiger partial charge in [-0.3, -0.25) is 19.3 Å². The van der Waals surface area contributed by atoms with Crippen molar-refractivity contribution in [1.82, 2.24) is 9.80 Å². The van der Waals surface area contributed by atoms with E-state index in [4.69, 9.17) is 11.6 Å². The molecule has 3 amide bonds. The van der Waals surface area contributed by atoms with Gasteiger partial charge in [0, 0.05) is 44.0 Å². The van der Waals surface area contributed by atoms with E-state index in [1.54, 1.807) is 36.4 Å². The van der Waals surface area contributed by atoms with Gasteiger partial charge in [0.1, 0.15) is 10.7 Å². The SMILES string of the molecule is CCc1ccc(N2C(=O)C(Cl)=C(Nc3ccc(C(=O)N4CCN(Cc5ccccc5)CC4)cc3)C2=O)cc1. The largest absolute Gasteiger partial charge is 0.350 e. The molecule has 5 rings (SSSR count). The second kappa shape index (κ2) is 11.2. The molecule has 1 N–H and O–H groups in total. The van der Waals surface area contributed by atoms with Gasteiger partial charge in [-0.2, -0.15) is 0 Å². The average Bonchev–Trinajstić information content (AvgIpc) is 3.17. The predicted octanol–water partition coefficient (Wildman–Crippen LogP) is 4.64. The lowest BCUT2D eigenvalue weighted by Crippen LogP contribution is -2.48. The summed E-state index contributed by atoms with van der Waals surface area (Å²) in [4.78, 5) is 44.1. The van der Waals surface area contributed by atoms with E-state index in [0.29, 0.717) is 30.0 Å². The zero-order valence-corrected chi connectivity index (χ0v) is 21.9. The molecule has 2 heterocycles. The molecule has 0 spiro atoms. The summed E-state index contributed by atoms with van der Waals surface area (Å²) in [7, 11) is 0. The number of imide groups is 1. The van der Waals surface area contributed by atoms with Gasteiger partial charge < -0.3 is 10.2 Å². The highest BCUT2D eigenvalue weighted by atomic mass is 35.5. The third-order valence-corrected chi connectivity index (χ3v) is 7.29.